The second-order valence-corrected chi connectivity index (χ2v) is 2.64. The highest BCUT2D eigenvalue weighted by molar-refractivity contribution is 4.98. The van der Waals surface area contributed by atoms with E-state index in [-0.39, 0.29) is 0 Å². The Kier molecular flexibility index (Phi) is 2.47. The maximum absolute atomic E-state index is 8.40. The molecular formula is C8H12N2. The Morgan fingerprint density at radius 1 is 1.60 bits per heavy atom. The molecule has 1 aliphatic heterocycles. The second-order valence-electron chi connectivity index (χ2n) is 2.64. The van der Waals surface area contributed by atoms with E-state index in [0.717, 1.165) is 13.1 Å². The summed E-state index contributed by atoms with van der Waals surface area (Å²) in [4.78, 5) is 2.28. The summed E-state index contributed by atoms with van der Waals surface area (Å²) < 4.78 is 0. The smallest absolute Gasteiger partial charge is 0.0638 e. The van der Waals surface area contributed by atoms with Gasteiger partial charge in [-0.15, -0.1) is 0 Å². The fourth-order valence-corrected chi connectivity index (χ4v) is 1.12. The van der Waals surface area contributed by atoms with E-state index in [4.69, 9.17) is 5.26 Å². The zero-order valence-electron chi connectivity index (χ0n) is 6.25. The van der Waals surface area contributed by atoms with Crippen LogP contribution >= 0.6 is 0 Å². The van der Waals surface area contributed by atoms with Crippen LogP contribution in [0.3, 0.4) is 0 Å². The van der Waals surface area contributed by atoms with Crippen molar-refractivity contribution in [2.75, 3.05) is 13.1 Å². The molecule has 0 aromatic rings. The predicted molar refractivity (Wildman–Crippen MR) is 40.4 cm³/mol. The van der Waals surface area contributed by atoms with Crippen LogP contribution < -0.4 is 0 Å². The molecule has 1 aliphatic rings. The molecule has 2 heteroatoms. The van der Waals surface area contributed by atoms with Gasteiger partial charge in [0.05, 0.1) is 12.5 Å². The van der Waals surface area contributed by atoms with Crippen LogP contribution in [-0.2, 0) is 0 Å². The summed E-state index contributed by atoms with van der Waals surface area (Å²) >= 11 is 0. The molecule has 54 valence electrons. The van der Waals surface area contributed by atoms with E-state index in [1.807, 2.05) is 0 Å². The van der Waals surface area contributed by atoms with E-state index in [2.05, 4.69) is 30.0 Å². The largest absolute Gasteiger partial charge is 0.292 e. The van der Waals surface area contributed by atoms with Crippen molar-refractivity contribution in [3.05, 3.63) is 12.2 Å². The highest BCUT2D eigenvalue weighted by atomic mass is 15.1. The maximum Gasteiger partial charge on any atom is 0.0638 e. The summed E-state index contributed by atoms with van der Waals surface area (Å²) in [7, 11) is 0. The second kappa shape index (κ2) is 3.38. The van der Waals surface area contributed by atoms with Gasteiger partial charge < -0.3 is 0 Å². The van der Waals surface area contributed by atoms with Crippen LogP contribution in [0.15, 0.2) is 12.2 Å². The Balaban J connectivity index is 2.29. The molecule has 0 radical (unpaired) electrons. The molecule has 0 saturated carbocycles. The van der Waals surface area contributed by atoms with E-state index in [1.165, 1.54) is 0 Å². The summed E-state index contributed by atoms with van der Waals surface area (Å²) in [6.45, 7) is 4.13. The van der Waals surface area contributed by atoms with Gasteiger partial charge in [0, 0.05) is 19.1 Å². The van der Waals surface area contributed by atoms with E-state index in [9.17, 15) is 0 Å². The molecule has 0 amide bonds. The lowest BCUT2D eigenvalue weighted by molar-refractivity contribution is 0.273. The molecule has 0 fully saturated rings. The molecule has 10 heavy (non-hydrogen) atoms. The van der Waals surface area contributed by atoms with Gasteiger partial charge in [-0.25, -0.2) is 0 Å². The fourth-order valence-electron chi connectivity index (χ4n) is 1.12. The minimum atomic E-state index is 0.417. The number of hydrogen-bond acceptors (Lipinski definition) is 2. The van der Waals surface area contributed by atoms with Gasteiger partial charge in [-0.05, 0) is 6.92 Å². The standard InChI is InChI=1S/C8H12N2/c1-8(4-5-9)10-6-2-3-7-10/h2-3,8H,4,6-7H2,1H3. The summed E-state index contributed by atoms with van der Waals surface area (Å²) in [6.07, 6.45) is 4.93. The molecule has 0 saturated heterocycles. The Hall–Kier alpha value is -0.810. The minimum Gasteiger partial charge on any atom is -0.292 e. The van der Waals surface area contributed by atoms with Crippen molar-refractivity contribution in [1.82, 2.24) is 4.90 Å². The van der Waals surface area contributed by atoms with Crippen LogP contribution in [0.5, 0.6) is 0 Å². The number of hydrogen-bond donors (Lipinski definition) is 0. The van der Waals surface area contributed by atoms with Crippen LogP contribution in [0, 0.1) is 11.3 Å². The van der Waals surface area contributed by atoms with E-state index in [1.54, 1.807) is 0 Å². The summed E-state index contributed by atoms with van der Waals surface area (Å²) in [5, 5.41) is 8.40. The molecule has 0 aromatic heterocycles. The molecule has 1 heterocycles. The molecular weight excluding hydrogens is 124 g/mol. The zero-order chi connectivity index (χ0) is 7.40. The molecule has 1 atom stereocenters. The Morgan fingerprint density at radius 2 is 2.20 bits per heavy atom. The molecule has 0 aliphatic carbocycles. The average Bonchev–Trinajstić information content (AvgIpc) is 2.38. The van der Waals surface area contributed by atoms with Gasteiger partial charge in [0.15, 0.2) is 0 Å². The normalized spacial score (nSPS) is 20.8. The van der Waals surface area contributed by atoms with Crippen LogP contribution in [0.1, 0.15) is 13.3 Å². The van der Waals surface area contributed by atoms with Crippen LogP contribution in [0.25, 0.3) is 0 Å². The molecule has 0 bridgehead atoms. The third-order valence-electron chi connectivity index (χ3n) is 1.86. The van der Waals surface area contributed by atoms with Crippen molar-refractivity contribution < 1.29 is 0 Å². The average molecular weight is 136 g/mol. The van der Waals surface area contributed by atoms with Gasteiger partial charge in [0.1, 0.15) is 0 Å². The zero-order valence-corrected chi connectivity index (χ0v) is 6.25. The van der Waals surface area contributed by atoms with Crippen molar-refractivity contribution in [2.24, 2.45) is 0 Å². The third kappa shape index (κ3) is 1.58. The van der Waals surface area contributed by atoms with Crippen LogP contribution in [0.4, 0.5) is 0 Å². The predicted octanol–water partition coefficient (Wildman–Crippen LogP) is 1.16. The van der Waals surface area contributed by atoms with Gasteiger partial charge in [0.25, 0.3) is 0 Å². The Bertz CT molecular complexity index is 159. The Morgan fingerprint density at radius 3 is 2.70 bits per heavy atom. The molecule has 0 aromatic carbocycles. The lowest BCUT2D eigenvalue weighted by Crippen LogP contribution is -2.29. The SMILES string of the molecule is CC(CC#N)N1CC=CC1. The number of nitriles is 1. The van der Waals surface area contributed by atoms with Crippen molar-refractivity contribution >= 4 is 0 Å². The molecule has 0 spiro atoms. The molecule has 2 nitrogen and oxygen atoms in total. The van der Waals surface area contributed by atoms with Crippen molar-refractivity contribution in [2.45, 2.75) is 19.4 Å². The van der Waals surface area contributed by atoms with Crippen LogP contribution in [-0.4, -0.2) is 24.0 Å². The summed E-state index contributed by atoms with van der Waals surface area (Å²) in [6, 6.07) is 2.59. The Labute approximate surface area is 61.8 Å². The van der Waals surface area contributed by atoms with Gasteiger partial charge in [-0.1, -0.05) is 12.2 Å². The molecule has 1 unspecified atom stereocenters. The first-order chi connectivity index (χ1) is 4.84. The first-order valence-electron chi connectivity index (χ1n) is 3.60. The van der Waals surface area contributed by atoms with Gasteiger partial charge in [-0.2, -0.15) is 5.26 Å². The van der Waals surface area contributed by atoms with Gasteiger partial charge >= 0.3 is 0 Å². The summed E-state index contributed by atoms with van der Waals surface area (Å²) in [5.41, 5.74) is 0. The van der Waals surface area contributed by atoms with Crippen molar-refractivity contribution in [3.63, 3.8) is 0 Å². The quantitative estimate of drug-likeness (QED) is 0.533. The summed E-state index contributed by atoms with van der Waals surface area (Å²) in [5.74, 6) is 0. The van der Waals surface area contributed by atoms with Crippen LogP contribution in [0.2, 0.25) is 0 Å². The topological polar surface area (TPSA) is 27.0 Å². The van der Waals surface area contributed by atoms with E-state index in [0.29, 0.717) is 12.5 Å². The lowest BCUT2D eigenvalue weighted by atomic mass is 10.2. The van der Waals surface area contributed by atoms with Gasteiger partial charge in [-0.3, -0.25) is 4.90 Å². The van der Waals surface area contributed by atoms with Gasteiger partial charge in [0.2, 0.25) is 0 Å². The monoisotopic (exact) mass is 136 g/mol. The molecule has 0 N–H and O–H groups in total. The minimum absolute atomic E-state index is 0.417. The lowest BCUT2D eigenvalue weighted by Gasteiger charge is -2.20. The van der Waals surface area contributed by atoms with E-state index >= 15 is 0 Å². The number of rotatable bonds is 2. The fraction of sp³-hybridized carbons (Fsp3) is 0.625. The first-order valence-corrected chi connectivity index (χ1v) is 3.60. The van der Waals surface area contributed by atoms with Crippen molar-refractivity contribution in [1.29, 1.82) is 5.26 Å². The van der Waals surface area contributed by atoms with Crippen molar-refractivity contribution in [3.8, 4) is 6.07 Å². The van der Waals surface area contributed by atoms with E-state index < -0.39 is 0 Å². The highest BCUT2D eigenvalue weighted by Crippen LogP contribution is 2.07. The number of nitrogens with zero attached hydrogens (tertiary/aromatic N) is 2. The third-order valence-corrected chi connectivity index (χ3v) is 1.86. The molecule has 1 rings (SSSR count). The first kappa shape index (κ1) is 7.30. The highest BCUT2D eigenvalue weighted by Gasteiger charge is 2.12. The maximum atomic E-state index is 8.40.